The van der Waals surface area contributed by atoms with E-state index in [4.69, 9.17) is 5.73 Å². The molecule has 1 heterocycles. The molecule has 0 aromatic carbocycles. The lowest BCUT2D eigenvalue weighted by Gasteiger charge is -2.25. The van der Waals surface area contributed by atoms with Crippen LogP contribution in [0.15, 0.2) is 12.4 Å². The molecular formula is C10H19N3. The van der Waals surface area contributed by atoms with Crippen LogP contribution in [-0.2, 0) is 12.5 Å². The minimum atomic E-state index is 0.127. The lowest BCUT2D eigenvalue weighted by atomic mass is 9.81. The molecule has 2 N–H and O–H groups in total. The second-order valence-corrected chi connectivity index (χ2v) is 4.47. The van der Waals surface area contributed by atoms with Crippen LogP contribution in [0.3, 0.4) is 0 Å². The molecule has 0 radical (unpaired) electrons. The van der Waals surface area contributed by atoms with Crippen molar-refractivity contribution >= 4 is 0 Å². The zero-order chi connectivity index (χ0) is 10.1. The smallest absolute Gasteiger partial charge is 0.0527 e. The molecule has 0 fully saturated rings. The average Bonchev–Trinajstić information content (AvgIpc) is 2.32. The van der Waals surface area contributed by atoms with Gasteiger partial charge in [0, 0.05) is 19.3 Å². The van der Waals surface area contributed by atoms with Gasteiger partial charge in [-0.05, 0) is 24.3 Å². The topological polar surface area (TPSA) is 43.8 Å². The fraction of sp³-hybridized carbons (Fsp3) is 0.700. The van der Waals surface area contributed by atoms with E-state index >= 15 is 0 Å². The molecule has 1 rings (SSSR count). The fourth-order valence-electron chi connectivity index (χ4n) is 1.69. The molecule has 0 aliphatic rings. The van der Waals surface area contributed by atoms with E-state index in [1.165, 1.54) is 5.56 Å². The van der Waals surface area contributed by atoms with Gasteiger partial charge in [-0.1, -0.05) is 13.8 Å². The molecule has 0 amide bonds. The van der Waals surface area contributed by atoms with Crippen LogP contribution in [-0.4, -0.2) is 15.8 Å². The van der Waals surface area contributed by atoms with Crippen molar-refractivity contribution in [1.29, 1.82) is 0 Å². The summed E-state index contributed by atoms with van der Waals surface area (Å²) in [7, 11) is 1.94. The second kappa shape index (κ2) is 3.50. The quantitative estimate of drug-likeness (QED) is 0.766. The molecule has 1 atom stereocenters. The van der Waals surface area contributed by atoms with E-state index in [0.29, 0.717) is 0 Å². The molecule has 0 saturated carbocycles. The molecule has 1 aromatic heterocycles. The lowest BCUT2D eigenvalue weighted by Crippen LogP contribution is -2.27. The van der Waals surface area contributed by atoms with Gasteiger partial charge in [0.2, 0.25) is 0 Å². The van der Waals surface area contributed by atoms with Crippen LogP contribution in [0, 0.1) is 0 Å². The van der Waals surface area contributed by atoms with Gasteiger partial charge in [0.15, 0.2) is 0 Å². The zero-order valence-electron chi connectivity index (χ0n) is 8.91. The van der Waals surface area contributed by atoms with Crippen LogP contribution in [0.4, 0.5) is 0 Å². The summed E-state index contributed by atoms with van der Waals surface area (Å²) in [5.41, 5.74) is 7.18. The number of aromatic nitrogens is 2. The van der Waals surface area contributed by atoms with Crippen molar-refractivity contribution in [3.05, 3.63) is 18.0 Å². The summed E-state index contributed by atoms with van der Waals surface area (Å²) in [4.78, 5) is 0. The van der Waals surface area contributed by atoms with Crippen LogP contribution < -0.4 is 5.73 Å². The van der Waals surface area contributed by atoms with Crippen molar-refractivity contribution in [2.24, 2.45) is 12.8 Å². The molecule has 74 valence electrons. The molecule has 3 nitrogen and oxygen atoms in total. The van der Waals surface area contributed by atoms with E-state index in [9.17, 15) is 0 Å². The van der Waals surface area contributed by atoms with Gasteiger partial charge in [-0.3, -0.25) is 4.68 Å². The van der Waals surface area contributed by atoms with E-state index in [0.717, 1.165) is 6.42 Å². The van der Waals surface area contributed by atoms with Crippen LogP contribution in [0.2, 0.25) is 0 Å². The predicted octanol–water partition coefficient (Wildman–Crippen LogP) is 1.43. The monoisotopic (exact) mass is 181 g/mol. The molecule has 0 saturated heterocycles. The first-order chi connectivity index (χ1) is 5.92. The normalized spacial score (nSPS) is 14.5. The highest BCUT2D eigenvalue weighted by Crippen LogP contribution is 2.27. The first-order valence-electron chi connectivity index (χ1n) is 4.66. The van der Waals surface area contributed by atoms with E-state index in [1.807, 2.05) is 24.9 Å². The lowest BCUT2D eigenvalue weighted by molar-refractivity contribution is 0.437. The molecule has 1 aromatic rings. The Morgan fingerprint density at radius 1 is 1.62 bits per heavy atom. The number of nitrogens with zero attached hydrogens (tertiary/aromatic N) is 2. The van der Waals surface area contributed by atoms with Gasteiger partial charge in [-0.2, -0.15) is 5.10 Å². The van der Waals surface area contributed by atoms with Gasteiger partial charge < -0.3 is 5.73 Å². The Bertz CT molecular complexity index is 273. The highest BCUT2D eigenvalue weighted by atomic mass is 15.2. The van der Waals surface area contributed by atoms with Gasteiger partial charge in [0.05, 0.1) is 6.20 Å². The molecule has 1 unspecified atom stereocenters. The Morgan fingerprint density at radius 2 is 2.23 bits per heavy atom. The van der Waals surface area contributed by atoms with Gasteiger partial charge in [0.25, 0.3) is 0 Å². The largest absolute Gasteiger partial charge is 0.328 e. The SMILES string of the molecule is CC(N)CC(C)(C)c1cnn(C)c1. The van der Waals surface area contributed by atoms with E-state index in [-0.39, 0.29) is 11.5 Å². The van der Waals surface area contributed by atoms with Crippen molar-refractivity contribution in [3.63, 3.8) is 0 Å². The summed E-state index contributed by atoms with van der Waals surface area (Å²) < 4.78 is 1.83. The van der Waals surface area contributed by atoms with Gasteiger partial charge in [-0.15, -0.1) is 0 Å². The Balaban J connectivity index is 2.80. The first kappa shape index (κ1) is 10.3. The standard InChI is InChI=1S/C10H19N3/c1-8(11)5-10(2,3)9-6-12-13(4)7-9/h6-8H,5,11H2,1-4H3. The van der Waals surface area contributed by atoms with Crippen LogP contribution in [0.5, 0.6) is 0 Å². The maximum absolute atomic E-state index is 5.80. The second-order valence-electron chi connectivity index (χ2n) is 4.47. The van der Waals surface area contributed by atoms with Crippen molar-refractivity contribution in [2.75, 3.05) is 0 Å². The maximum Gasteiger partial charge on any atom is 0.0527 e. The fourth-order valence-corrected chi connectivity index (χ4v) is 1.69. The first-order valence-corrected chi connectivity index (χ1v) is 4.66. The number of rotatable bonds is 3. The molecule has 3 heteroatoms. The summed E-state index contributed by atoms with van der Waals surface area (Å²) in [6.45, 7) is 6.44. The number of hydrogen-bond acceptors (Lipinski definition) is 2. The van der Waals surface area contributed by atoms with E-state index < -0.39 is 0 Å². The van der Waals surface area contributed by atoms with Crippen molar-refractivity contribution in [2.45, 2.75) is 38.6 Å². The van der Waals surface area contributed by atoms with E-state index in [1.54, 1.807) is 0 Å². The predicted molar refractivity (Wildman–Crippen MR) is 54.5 cm³/mol. The van der Waals surface area contributed by atoms with E-state index in [2.05, 4.69) is 25.1 Å². The zero-order valence-corrected chi connectivity index (χ0v) is 8.91. The molecule has 13 heavy (non-hydrogen) atoms. The third-order valence-corrected chi connectivity index (χ3v) is 2.32. The Kier molecular flexibility index (Phi) is 2.76. The molecule has 0 bridgehead atoms. The highest BCUT2D eigenvalue weighted by Gasteiger charge is 2.23. The molecule has 0 spiro atoms. The minimum Gasteiger partial charge on any atom is -0.328 e. The van der Waals surface area contributed by atoms with Gasteiger partial charge in [0.1, 0.15) is 0 Å². The van der Waals surface area contributed by atoms with Crippen LogP contribution in [0.25, 0.3) is 0 Å². The summed E-state index contributed by atoms with van der Waals surface area (Å²) >= 11 is 0. The number of hydrogen-bond donors (Lipinski definition) is 1. The van der Waals surface area contributed by atoms with Gasteiger partial charge in [-0.25, -0.2) is 0 Å². The average molecular weight is 181 g/mol. The molecule has 0 aliphatic heterocycles. The summed E-state index contributed by atoms with van der Waals surface area (Å²) in [5.74, 6) is 0. The maximum atomic E-state index is 5.80. The third kappa shape index (κ3) is 2.56. The number of nitrogens with two attached hydrogens (primary N) is 1. The summed E-state index contributed by atoms with van der Waals surface area (Å²) in [6.07, 6.45) is 4.96. The minimum absolute atomic E-state index is 0.127. The van der Waals surface area contributed by atoms with Crippen molar-refractivity contribution in [1.82, 2.24) is 9.78 Å². The number of aryl methyl sites for hydroxylation is 1. The highest BCUT2D eigenvalue weighted by molar-refractivity contribution is 5.16. The Morgan fingerprint density at radius 3 is 2.62 bits per heavy atom. The van der Waals surface area contributed by atoms with Crippen LogP contribution >= 0.6 is 0 Å². The van der Waals surface area contributed by atoms with Crippen molar-refractivity contribution in [3.8, 4) is 0 Å². The summed E-state index contributed by atoms with van der Waals surface area (Å²) in [6, 6.07) is 0.232. The Labute approximate surface area is 79.9 Å². The van der Waals surface area contributed by atoms with Crippen molar-refractivity contribution < 1.29 is 0 Å². The molecule has 0 aliphatic carbocycles. The third-order valence-electron chi connectivity index (χ3n) is 2.32. The summed E-state index contributed by atoms with van der Waals surface area (Å²) in [5, 5.41) is 4.17. The Hall–Kier alpha value is -0.830. The van der Waals surface area contributed by atoms with Gasteiger partial charge >= 0.3 is 0 Å². The molecular weight excluding hydrogens is 162 g/mol. The van der Waals surface area contributed by atoms with Crippen LogP contribution in [0.1, 0.15) is 32.8 Å².